The standard InChI is InChI=1S/C22H27ClN2O2/c1-4-20(26)25(15-17-10-12-19(23)13-11-17)21(18-8-6-5-7-9-18)22(27)24-14-16(2)3/h5-13,16,21H,4,14-15H2,1-3H3,(H,24,27)/t21-/m0/s1. The van der Waals surface area contributed by atoms with E-state index in [0.717, 1.165) is 11.1 Å². The Hall–Kier alpha value is -2.33. The molecule has 0 spiro atoms. The summed E-state index contributed by atoms with van der Waals surface area (Å²) in [6.45, 7) is 6.81. The normalized spacial score (nSPS) is 11.9. The third-order valence-electron chi connectivity index (χ3n) is 4.25. The quantitative estimate of drug-likeness (QED) is 0.721. The summed E-state index contributed by atoms with van der Waals surface area (Å²) in [5.74, 6) is 0.0983. The fraction of sp³-hybridized carbons (Fsp3) is 0.364. The average Bonchev–Trinajstić information content (AvgIpc) is 2.67. The highest BCUT2D eigenvalue weighted by molar-refractivity contribution is 6.30. The molecule has 2 aromatic rings. The molecule has 0 saturated heterocycles. The molecule has 1 N–H and O–H groups in total. The van der Waals surface area contributed by atoms with Crippen LogP contribution in [0, 0.1) is 5.92 Å². The number of amides is 2. The zero-order valence-electron chi connectivity index (χ0n) is 16.1. The lowest BCUT2D eigenvalue weighted by atomic mass is 10.0. The van der Waals surface area contributed by atoms with Crippen LogP contribution in [-0.2, 0) is 16.1 Å². The van der Waals surface area contributed by atoms with E-state index in [1.54, 1.807) is 17.0 Å². The Morgan fingerprint density at radius 2 is 1.67 bits per heavy atom. The van der Waals surface area contributed by atoms with E-state index >= 15 is 0 Å². The SMILES string of the molecule is CCC(=O)N(Cc1ccc(Cl)cc1)[C@H](C(=O)NCC(C)C)c1ccccc1. The van der Waals surface area contributed by atoms with Crippen LogP contribution in [0.2, 0.25) is 5.02 Å². The first kappa shape index (κ1) is 21.0. The van der Waals surface area contributed by atoms with Gasteiger partial charge in [0.25, 0.3) is 0 Å². The summed E-state index contributed by atoms with van der Waals surface area (Å²) in [6, 6.07) is 16.1. The first-order valence-electron chi connectivity index (χ1n) is 9.29. The maximum Gasteiger partial charge on any atom is 0.247 e. The van der Waals surface area contributed by atoms with Crippen LogP contribution in [0.5, 0.6) is 0 Å². The van der Waals surface area contributed by atoms with Crippen molar-refractivity contribution in [3.63, 3.8) is 0 Å². The molecule has 2 rings (SSSR count). The number of hydrogen-bond acceptors (Lipinski definition) is 2. The van der Waals surface area contributed by atoms with Gasteiger partial charge in [-0.3, -0.25) is 9.59 Å². The zero-order valence-corrected chi connectivity index (χ0v) is 16.9. The van der Waals surface area contributed by atoms with Crippen LogP contribution >= 0.6 is 11.6 Å². The van der Waals surface area contributed by atoms with Crippen molar-refractivity contribution in [3.8, 4) is 0 Å². The monoisotopic (exact) mass is 386 g/mol. The number of rotatable bonds is 8. The van der Waals surface area contributed by atoms with Crippen LogP contribution in [0.1, 0.15) is 44.4 Å². The van der Waals surface area contributed by atoms with Gasteiger partial charge in [0.1, 0.15) is 6.04 Å². The van der Waals surface area contributed by atoms with Gasteiger partial charge in [-0.2, -0.15) is 0 Å². The van der Waals surface area contributed by atoms with Crippen molar-refractivity contribution in [1.82, 2.24) is 10.2 Å². The van der Waals surface area contributed by atoms with Crippen LogP contribution in [-0.4, -0.2) is 23.3 Å². The number of benzene rings is 2. The summed E-state index contributed by atoms with van der Waals surface area (Å²) >= 11 is 5.97. The molecule has 0 aliphatic rings. The van der Waals surface area contributed by atoms with Crippen LogP contribution in [0.4, 0.5) is 0 Å². The lowest BCUT2D eigenvalue weighted by Crippen LogP contribution is -2.44. The van der Waals surface area contributed by atoms with Gasteiger partial charge in [-0.15, -0.1) is 0 Å². The number of carbonyl (C=O) groups excluding carboxylic acids is 2. The van der Waals surface area contributed by atoms with Gasteiger partial charge in [0, 0.05) is 24.5 Å². The summed E-state index contributed by atoms with van der Waals surface area (Å²) in [4.78, 5) is 27.4. The van der Waals surface area contributed by atoms with Crippen molar-refractivity contribution in [3.05, 3.63) is 70.7 Å². The molecule has 4 nitrogen and oxygen atoms in total. The van der Waals surface area contributed by atoms with Crippen molar-refractivity contribution in [2.45, 2.75) is 39.8 Å². The van der Waals surface area contributed by atoms with E-state index < -0.39 is 6.04 Å². The minimum absolute atomic E-state index is 0.0708. The highest BCUT2D eigenvalue weighted by atomic mass is 35.5. The van der Waals surface area contributed by atoms with Crippen molar-refractivity contribution in [2.75, 3.05) is 6.54 Å². The predicted molar refractivity (Wildman–Crippen MR) is 109 cm³/mol. The Kier molecular flexibility index (Phi) is 7.86. The van der Waals surface area contributed by atoms with Gasteiger partial charge in [0.05, 0.1) is 0 Å². The van der Waals surface area contributed by atoms with Gasteiger partial charge in [-0.05, 0) is 29.2 Å². The third kappa shape index (κ3) is 6.10. The number of hydrogen-bond donors (Lipinski definition) is 1. The van der Waals surface area contributed by atoms with Gasteiger partial charge in [0.15, 0.2) is 0 Å². The molecule has 0 aliphatic carbocycles. The molecule has 0 saturated carbocycles. The first-order valence-corrected chi connectivity index (χ1v) is 9.66. The van der Waals surface area contributed by atoms with E-state index in [9.17, 15) is 9.59 Å². The van der Waals surface area contributed by atoms with E-state index in [2.05, 4.69) is 5.32 Å². The molecular weight excluding hydrogens is 360 g/mol. The average molecular weight is 387 g/mol. The molecule has 0 radical (unpaired) electrons. The van der Waals surface area contributed by atoms with E-state index in [4.69, 9.17) is 11.6 Å². The summed E-state index contributed by atoms with van der Waals surface area (Å²) in [5, 5.41) is 3.62. The van der Waals surface area contributed by atoms with Gasteiger partial charge in [-0.25, -0.2) is 0 Å². The summed E-state index contributed by atoms with van der Waals surface area (Å²) in [7, 11) is 0. The first-order chi connectivity index (χ1) is 12.9. The Morgan fingerprint density at radius 1 is 1.04 bits per heavy atom. The molecule has 0 unspecified atom stereocenters. The molecule has 0 heterocycles. The smallest absolute Gasteiger partial charge is 0.247 e. The molecule has 0 bridgehead atoms. The summed E-state index contributed by atoms with van der Waals surface area (Å²) in [6.07, 6.45) is 0.328. The fourth-order valence-electron chi connectivity index (χ4n) is 2.82. The van der Waals surface area contributed by atoms with Crippen molar-refractivity contribution in [1.29, 1.82) is 0 Å². The van der Waals surface area contributed by atoms with Gasteiger partial charge < -0.3 is 10.2 Å². The van der Waals surface area contributed by atoms with Gasteiger partial charge in [0.2, 0.25) is 11.8 Å². The minimum Gasteiger partial charge on any atom is -0.354 e. The topological polar surface area (TPSA) is 49.4 Å². The second-order valence-corrected chi connectivity index (χ2v) is 7.39. The molecule has 2 aromatic carbocycles. The summed E-state index contributed by atoms with van der Waals surface area (Å²) in [5.41, 5.74) is 1.73. The largest absolute Gasteiger partial charge is 0.354 e. The molecule has 5 heteroatoms. The Labute approximate surface area is 166 Å². The highest BCUT2D eigenvalue weighted by Gasteiger charge is 2.30. The van der Waals surface area contributed by atoms with E-state index in [1.165, 1.54) is 0 Å². The maximum absolute atomic E-state index is 13.0. The van der Waals surface area contributed by atoms with Crippen LogP contribution in [0.3, 0.4) is 0 Å². The minimum atomic E-state index is -0.673. The Morgan fingerprint density at radius 3 is 2.22 bits per heavy atom. The van der Waals surface area contributed by atoms with Crippen molar-refractivity contribution < 1.29 is 9.59 Å². The molecule has 2 amide bonds. The molecule has 0 aliphatic heterocycles. The van der Waals surface area contributed by atoms with E-state index in [0.29, 0.717) is 30.5 Å². The molecule has 144 valence electrons. The molecule has 27 heavy (non-hydrogen) atoms. The predicted octanol–water partition coefficient (Wildman–Crippen LogP) is 4.59. The van der Waals surface area contributed by atoms with Gasteiger partial charge in [-0.1, -0.05) is 74.8 Å². The highest BCUT2D eigenvalue weighted by Crippen LogP contribution is 2.25. The zero-order chi connectivity index (χ0) is 19.8. The number of nitrogens with one attached hydrogen (secondary N) is 1. The second-order valence-electron chi connectivity index (χ2n) is 6.95. The van der Waals surface area contributed by atoms with E-state index in [-0.39, 0.29) is 11.8 Å². The van der Waals surface area contributed by atoms with Crippen LogP contribution < -0.4 is 5.32 Å². The molecule has 0 fully saturated rings. The van der Waals surface area contributed by atoms with Gasteiger partial charge >= 0.3 is 0 Å². The fourth-order valence-corrected chi connectivity index (χ4v) is 2.95. The number of halogens is 1. The lowest BCUT2D eigenvalue weighted by molar-refractivity contribution is -0.141. The molecule has 1 atom stereocenters. The van der Waals surface area contributed by atoms with Crippen molar-refractivity contribution >= 4 is 23.4 Å². The van der Waals surface area contributed by atoms with Crippen LogP contribution in [0.15, 0.2) is 54.6 Å². The Balaban J connectivity index is 2.37. The number of carbonyl (C=O) groups is 2. The third-order valence-corrected chi connectivity index (χ3v) is 4.50. The summed E-state index contributed by atoms with van der Waals surface area (Å²) < 4.78 is 0. The van der Waals surface area contributed by atoms with Crippen molar-refractivity contribution in [2.24, 2.45) is 5.92 Å². The Bertz CT molecular complexity index is 745. The molecular formula is C22H27ClN2O2. The van der Waals surface area contributed by atoms with E-state index in [1.807, 2.05) is 63.2 Å². The number of nitrogens with zero attached hydrogens (tertiary/aromatic N) is 1. The van der Waals surface area contributed by atoms with Crippen LogP contribution in [0.25, 0.3) is 0 Å². The second kappa shape index (κ2) is 10.1. The molecule has 0 aromatic heterocycles. The lowest BCUT2D eigenvalue weighted by Gasteiger charge is -2.31. The maximum atomic E-state index is 13.0.